The lowest BCUT2D eigenvalue weighted by atomic mass is 9.95. The first-order chi connectivity index (χ1) is 15.5. The van der Waals surface area contributed by atoms with Gasteiger partial charge >= 0.3 is 0 Å². The summed E-state index contributed by atoms with van der Waals surface area (Å²) in [6.07, 6.45) is 3.41. The molecule has 5 rings (SSSR count). The number of carbonyl (C=O) groups is 1. The molecule has 1 atom stereocenters. The molecule has 1 amide bonds. The maximum atomic E-state index is 13.4. The van der Waals surface area contributed by atoms with Crippen molar-refractivity contribution in [2.45, 2.75) is 19.5 Å². The minimum absolute atomic E-state index is 0.00283. The van der Waals surface area contributed by atoms with Crippen LogP contribution in [0.4, 0.5) is 5.69 Å². The molecular weight excluding hydrogens is 406 g/mol. The number of nitrogens with zero attached hydrogens (tertiary/aromatic N) is 4. The molecule has 1 N–H and O–H groups in total. The number of benzene rings is 2. The van der Waals surface area contributed by atoms with Crippen LogP contribution in [0.1, 0.15) is 38.8 Å². The number of carbonyl (C=O) groups excluding carboxylic acids is 1. The minimum Gasteiger partial charge on any atom is -0.322 e. The molecule has 8 heteroatoms. The van der Waals surface area contributed by atoms with Gasteiger partial charge in [0, 0.05) is 42.2 Å². The molecule has 0 spiro atoms. The Bertz CT molecular complexity index is 1300. The Morgan fingerprint density at radius 3 is 2.50 bits per heavy atom. The number of pyridine rings is 1. The van der Waals surface area contributed by atoms with Gasteiger partial charge in [-0.1, -0.05) is 35.9 Å². The quantitative estimate of drug-likeness (QED) is 0.376. The van der Waals surface area contributed by atoms with Crippen LogP contribution in [0.5, 0.6) is 0 Å². The van der Waals surface area contributed by atoms with E-state index in [9.17, 15) is 14.9 Å². The molecule has 2 aromatic carbocycles. The first kappa shape index (κ1) is 19.6. The van der Waals surface area contributed by atoms with Crippen LogP contribution in [-0.2, 0) is 6.54 Å². The van der Waals surface area contributed by atoms with Crippen molar-refractivity contribution in [1.82, 2.24) is 20.1 Å². The Balaban J connectivity index is 1.64. The van der Waals surface area contributed by atoms with E-state index in [-0.39, 0.29) is 11.6 Å². The van der Waals surface area contributed by atoms with Crippen molar-refractivity contribution in [3.05, 3.63) is 111 Å². The van der Waals surface area contributed by atoms with E-state index >= 15 is 0 Å². The highest BCUT2D eigenvalue weighted by molar-refractivity contribution is 6.00. The smallest absolute Gasteiger partial charge is 0.273 e. The Labute approximate surface area is 183 Å². The number of non-ortho nitro benzene ring substituents is 1. The summed E-state index contributed by atoms with van der Waals surface area (Å²) in [4.78, 5) is 30.0. The summed E-state index contributed by atoms with van der Waals surface area (Å²) in [6, 6.07) is 17.6. The topological polar surface area (TPSA) is 105 Å². The third kappa shape index (κ3) is 3.31. The monoisotopic (exact) mass is 425 g/mol. The van der Waals surface area contributed by atoms with E-state index in [1.807, 2.05) is 43.3 Å². The number of H-pyrrole nitrogens is 1. The zero-order valence-electron chi connectivity index (χ0n) is 17.2. The highest BCUT2D eigenvalue weighted by atomic mass is 16.6. The number of aryl methyl sites for hydroxylation is 1. The summed E-state index contributed by atoms with van der Waals surface area (Å²) in [5, 5.41) is 18.5. The number of nitrogens with one attached hydrogen (secondary N) is 1. The van der Waals surface area contributed by atoms with Crippen molar-refractivity contribution in [3.8, 4) is 11.3 Å². The highest BCUT2D eigenvalue weighted by Crippen LogP contribution is 2.43. The summed E-state index contributed by atoms with van der Waals surface area (Å²) in [7, 11) is 0. The normalized spacial score (nSPS) is 15.1. The fourth-order valence-corrected chi connectivity index (χ4v) is 4.10. The van der Waals surface area contributed by atoms with Gasteiger partial charge in [0.05, 0.1) is 16.7 Å². The van der Waals surface area contributed by atoms with Crippen LogP contribution in [-0.4, -0.2) is 30.9 Å². The average Bonchev–Trinajstić information content (AvgIpc) is 3.34. The largest absolute Gasteiger partial charge is 0.322 e. The summed E-state index contributed by atoms with van der Waals surface area (Å²) >= 11 is 0. The number of fused-ring (bicyclic) bond motifs is 1. The Hall–Kier alpha value is -4.33. The van der Waals surface area contributed by atoms with Gasteiger partial charge in [-0.05, 0) is 36.2 Å². The Kier molecular flexibility index (Phi) is 4.74. The van der Waals surface area contributed by atoms with Crippen LogP contribution in [0.25, 0.3) is 11.3 Å². The third-order valence-corrected chi connectivity index (χ3v) is 5.68. The van der Waals surface area contributed by atoms with E-state index < -0.39 is 11.0 Å². The molecule has 0 saturated heterocycles. The van der Waals surface area contributed by atoms with Crippen molar-refractivity contribution in [1.29, 1.82) is 0 Å². The molecule has 8 nitrogen and oxygen atoms in total. The molecule has 4 aromatic rings. The molecule has 0 aliphatic carbocycles. The molecule has 1 aliphatic rings. The minimum atomic E-state index is -0.437. The molecule has 158 valence electrons. The number of rotatable bonds is 5. The van der Waals surface area contributed by atoms with E-state index in [4.69, 9.17) is 0 Å². The predicted molar refractivity (Wildman–Crippen MR) is 118 cm³/mol. The maximum absolute atomic E-state index is 13.4. The fraction of sp³-hybridized carbons (Fsp3) is 0.125. The molecule has 3 heterocycles. The first-order valence-corrected chi connectivity index (χ1v) is 10.1. The van der Waals surface area contributed by atoms with Gasteiger partial charge in [0.1, 0.15) is 5.69 Å². The summed E-state index contributed by atoms with van der Waals surface area (Å²) in [6.45, 7) is 2.36. The molecule has 32 heavy (non-hydrogen) atoms. The van der Waals surface area contributed by atoms with Gasteiger partial charge in [0.25, 0.3) is 11.6 Å². The van der Waals surface area contributed by atoms with Crippen LogP contribution in [0.2, 0.25) is 0 Å². The molecule has 0 fully saturated rings. The van der Waals surface area contributed by atoms with Gasteiger partial charge in [0.15, 0.2) is 0 Å². The van der Waals surface area contributed by atoms with Gasteiger partial charge < -0.3 is 4.90 Å². The number of amides is 1. The van der Waals surface area contributed by atoms with Gasteiger partial charge in [-0.3, -0.25) is 25.0 Å². The van der Waals surface area contributed by atoms with E-state index in [0.717, 1.165) is 27.8 Å². The number of hydrogen-bond acceptors (Lipinski definition) is 5. The molecule has 0 radical (unpaired) electrons. The van der Waals surface area contributed by atoms with Crippen LogP contribution >= 0.6 is 0 Å². The summed E-state index contributed by atoms with van der Waals surface area (Å²) in [5.41, 5.74) is 5.61. The Morgan fingerprint density at radius 2 is 1.84 bits per heavy atom. The van der Waals surface area contributed by atoms with Crippen molar-refractivity contribution in [2.75, 3.05) is 0 Å². The second-order valence-corrected chi connectivity index (χ2v) is 7.77. The zero-order chi connectivity index (χ0) is 22.2. The number of hydrogen-bond donors (Lipinski definition) is 1. The number of aromatic amines is 1. The SMILES string of the molecule is Cc1ccc(-c2n[nH]c3c2C(c2ccc([N+](=O)[O-])cc2)N(Cc2cccnc2)C3=O)cc1. The number of aromatic nitrogens is 3. The number of nitro benzene ring substituents is 1. The molecule has 1 aliphatic heterocycles. The molecule has 0 saturated carbocycles. The van der Waals surface area contributed by atoms with E-state index in [1.165, 1.54) is 12.1 Å². The second-order valence-electron chi connectivity index (χ2n) is 7.77. The standard InChI is InChI=1S/C24H19N5O3/c1-15-4-6-17(7-5-15)21-20-22(27-26-21)24(30)28(14-16-3-2-12-25-13-16)23(20)18-8-10-19(11-9-18)29(31)32/h2-13,23H,14H2,1H3,(H,26,27). The van der Waals surface area contributed by atoms with Gasteiger partial charge in [-0.15, -0.1) is 0 Å². The molecular formula is C24H19N5O3. The van der Waals surface area contributed by atoms with Gasteiger partial charge in [0.2, 0.25) is 0 Å². The van der Waals surface area contributed by atoms with Crippen LogP contribution in [0.15, 0.2) is 73.1 Å². The van der Waals surface area contributed by atoms with E-state index in [1.54, 1.807) is 29.4 Å². The van der Waals surface area contributed by atoms with Crippen LogP contribution in [0.3, 0.4) is 0 Å². The fourth-order valence-electron chi connectivity index (χ4n) is 4.10. The zero-order valence-corrected chi connectivity index (χ0v) is 17.2. The van der Waals surface area contributed by atoms with Crippen LogP contribution < -0.4 is 0 Å². The van der Waals surface area contributed by atoms with E-state index in [2.05, 4.69) is 15.2 Å². The van der Waals surface area contributed by atoms with Crippen molar-refractivity contribution >= 4 is 11.6 Å². The van der Waals surface area contributed by atoms with E-state index in [0.29, 0.717) is 17.9 Å². The molecule has 0 bridgehead atoms. The molecule has 2 aromatic heterocycles. The number of nitro groups is 1. The average molecular weight is 425 g/mol. The van der Waals surface area contributed by atoms with Crippen LogP contribution in [0, 0.1) is 17.0 Å². The predicted octanol–water partition coefficient (Wildman–Crippen LogP) is 4.43. The highest BCUT2D eigenvalue weighted by Gasteiger charge is 2.42. The van der Waals surface area contributed by atoms with Crippen molar-refractivity contribution in [2.24, 2.45) is 0 Å². The summed E-state index contributed by atoms with van der Waals surface area (Å²) < 4.78 is 0. The Morgan fingerprint density at radius 1 is 1.09 bits per heavy atom. The third-order valence-electron chi connectivity index (χ3n) is 5.68. The second kappa shape index (κ2) is 7.73. The van der Waals surface area contributed by atoms with Gasteiger partial charge in [-0.25, -0.2) is 0 Å². The van der Waals surface area contributed by atoms with Crippen molar-refractivity contribution in [3.63, 3.8) is 0 Å². The van der Waals surface area contributed by atoms with Crippen molar-refractivity contribution < 1.29 is 9.72 Å². The molecule has 1 unspecified atom stereocenters. The maximum Gasteiger partial charge on any atom is 0.273 e. The lowest BCUT2D eigenvalue weighted by molar-refractivity contribution is -0.384. The van der Waals surface area contributed by atoms with Gasteiger partial charge in [-0.2, -0.15) is 5.10 Å². The lowest BCUT2D eigenvalue weighted by Crippen LogP contribution is -2.29. The lowest BCUT2D eigenvalue weighted by Gasteiger charge is -2.26. The summed E-state index contributed by atoms with van der Waals surface area (Å²) in [5.74, 6) is -0.168. The first-order valence-electron chi connectivity index (χ1n) is 10.1.